The smallest absolute Gasteiger partial charge is 0.411 e. The van der Waals surface area contributed by atoms with Gasteiger partial charge in [0.1, 0.15) is 22.9 Å². The predicted octanol–water partition coefficient (Wildman–Crippen LogP) is 7.89. The van der Waals surface area contributed by atoms with Crippen molar-refractivity contribution in [2.75, 3.05) is 13.1 Å². The van der Waals surface area contributed by atoms with Crippen molar-refractivity contribution in [2.45, 2.75) is 84.1 Å². The Hall–Kier alpha value is -4.34. The van der Waals surface area contributed by atoms with Crippen molar-refractivity contribution in [3.63, 3.8) is 0 Å². The second-order valence-electron chi connectivity index (χ2n) is 14.3. The number of nitrogens with one attached hydrogen (secondary N) is 2. The number of rotatable bonds is 3. The summed E-state index contributed by atoms with van der Waals surface area (Å²) in [7, 11) is 0. The highest BCUT2D eigenvalue weighted by Gasteiger charge is 2.37. The minimum Gasteiger partial charge on any atom is -0.444 e. The summed E-state index contributed by atoms with van der Waals surface area (Å²) < 4.78 is 11.2. The summed E-state index contributed by atoms with van der Waals surface area (Å²) in [6.45, 7) is 16.4. The molecule has 2 aromatic carbocycles. The van der Waals surface area contributed by atoms with Crippen LogP contribution < -0.4 is 0 Å². The van der Waals surface area contributed by atoms with E-state index in [4.69, 9.17) is 14.5 Å². The lowest BCUT2D eigenvalue weighted by molar-refractivity contribution is 0.0210. The first-order valence-electron chi connectivity index (χ1n) is 16.1. The normalized spacial score (nSPS) is 17.6. The number of ether oxygens (including phenoxy) is 2. The van der Waals surface area contributed by atoms with Crippen LogP contribution >= 0.6 is 27.0 Å². The first kappa shape index (κ1) is 37.5. The molecule has 6 rings (SSSR count). The number of benzene rings is 2. The molecule has 0 unspecified atom stereocenters. The van der Waals surface area contributed by atoms with E-state index in [0.29, 0.717) is 25.3 Å². The van der Waals surface area contributed by atoms with Crippen molar-refractivity contribution in [1.82, 2.24) is 29.7 Å². The number of likely N-dealkylation sites (tertiary alicyclic amines) is 2. The molecule has 0 spiro atoms. The molecule has 0 saturated carbocycles. The van der Waals surface area contributed by atoms with Gasteiger partial charge in [-0.05, 0) is 96.7 Å². The van der Waals surface area contributed by atoms with Crippen molar-refractivity contribution in [1.29, 1.82) is 0 Å². The highest BCUT2D eigenvalue weighted by atomic mass is 32.1. The lowest BCUT2D eigenvalue weighted by Gasteiger charge is -2.27. The number of carbonyl (C=O) groups excluding carboxylic acids is 2. The van der Waals surface area contributed by atoms with Gasteiger partial charge in [0.2, 0.25) is 0 Å². The Kier molecular flexibility index (Phi) is 11.2. The van der Waals surface area contributed by atoms with Gasteiger partial charge in [-0.25, -0.2) is 19.6 Å². The number of aromatic nitrogens is 4. The fourth-order valence-electron chi connectivity index (χ4n) is 5.94. The molecule has 2 N–H and O–H groups in total. The quantitative estimate of drug-likeness (QED) is 0.166. The SMILES string of the molecule is C=C1C[C@@H](c2nc3ccc(C#Cc4ccc(-c5cnc([C@@H]6CCCN6C(=O)OC(C)(C)C)[nH]5)cc4)cc3[nH]2)N(C(=O)OC(C)(C)C)C1.S.S. The summed E-state index contributed by atoms with van der Waals surface area (Å²) in [4.78, 5) is 45.3. The second-order valence-corrected chi connectivity index (χ2v) is 14.3. The molecule has 260 valence electrons. The molecule has 0 bridgehead atoms. The van der Waals surface area contributed by atoms with E-state index in [-0.39, 0.29) is 51.3 Å². The van der Waals surface area contributed by atoms with Gasteiger partial charge in [0.25, 0.3) is 0 Å². The van der Waals surface area contributed by atoms with E-state index in [1.807, 2.05) is 90.2 Å². The molecule has 2 atom stereocenters. The van der Waals surface area contributed by atoms with Crippen LogP contribution in [-0.2, 0) is 9.47 Å². The monoisotopic (exact) mass is 702 g/mol. The second kappa shape index (κ2) is 14.6. The van der Waals surface area contributed by atoms with Crippen LogP contribution in [0.2, 0.25) is 0 Å². The Morgan fingerprint density at radius 1 is 0.857 bits per heavy atom. The Morgan fingerprint density at radius 3 is 2.16 bits per heavy atom. The van der Waals surface area contributed by atoms with Crippen LogP contribution in [0.15, 0.2) is 60.8 Å². The van der Waals surface area contributed by atoms with Crippen LogP contribution in [0.5, 0.6) is 0 Å². The van der Waals surface area contributed by atoms with Crippen LogP contribution in [0.25, 0.3) is 22.3 Å². The van der Waals surface area contributed by atoms with E-state index in [1.165, 1.54) is 0 Å². The van der Waals surface area contributed by atoms with Crippen molar-refractivity contribution >= 4 is 50.2 Å². The highest BCUT2D eigenvalue weighted by Crippen LogP contribution is 2.35. The Bertz CT molecular complexity index is 1890. The molecule has 2 aromatic heterocycles. The average Bonchev–Trinajstić information content (AvgIpc) is 3.79. The summed E-state index contributed by atoms with van der Waals surface area (Å²) >= 11 is 0. The van der Waals surface area contributed by atoms with E-state index in [1.54, 1.807) is 9.80 Å². The minimum absolute atomic E-state index is 0. The zero-order valence-electron chi connectivity index (χ0n) is 28.9. The zero-order valence-corrected chi connectivity index (χ0v) is 30.9. The third-order valence-electron chi connectivity index (χ3n) is 8.04. The molecular formula is C37H46N6O4S2. The molecule has 12 heteroatoms. The van der Waals surface area contributed by atoms with E-state index < -0.39 is 11.2 Å². The van der Waals surface area contributed by atoms with E-state index >= 15 is 0 Å². The summed E-state index contributed by atoms with van der Waals surface area (Å²) in [5, 5.41) is 0. The number of nitrogens with zero attached hydrogens (tertiary/aromatic N) is 4. The largest absolute Gasteiger partial charge is 0.444 e. The molecule has 4 heterocycles. The number of imidazole rings is 2. The Morgan fingerprint density at radius 2 is 1.49 bits per heavy atom. The lowest BCUT2D eigenvalue weighted by Crippen LogP contribution is -2.36. The predicted molar refractivity (Wildman–Crippen MR) is 201 cm³/mol. The van der Waals surface area contributed by atoms with Gasteiger partial charge in [0.05, 0.1) is 35.0 Å². The summed E-state index contributed by atoms with van der Waals surface area (Å²) in [6.07, 6.45) is 3.51. The summed E-state index contributed by atoms with van der Waals surface area (Å²) in [5.74, 6) is 7.98. The minimum atomic E-state index is -0.585. The third-order valence-corrected chi connectivity index (χ3v) is 8.04. The average molecular weight is 703 g/mol. The Labute approximate surface area is 302 Å². The fraction of sp³-hybridized carbons (Fsp3) is 0.405. The molecule has 49 heavy (non-hydrogen) atoms. The molecule has 4 aromatic rings. The number of amides is 2. The standard InChI is InChI=1S/C37H42N6O4.2H2S/c1-23-19-31(43(22-23)35(45)47-37(5,6)7)33-39-27-17-14-25(20-28(27)40-33)11-10-24-12-15-26(16-13-24)29-21-38-32(41-29)30-9-8-18-42(30)34(44)46-36(2,3)4;;/h12-17,20-21,30-31H,1,8-9,18-19,22H2,2-7H3,(H,38,41)(H,39,40);2*1H2/t30-,31-;;/m0../s1. The van der Waals surface area contributed by atoms with Gasteiger partial charge in [-0.2, -0.15) is 27.0 Å². The van der Waals surface area contributed by atoms with Crippen molar-refractivity contribution in [2.24, 2.45) is 0 Å². The van der Waals surface area contributed by atoms with Gasteiger partial charge in [-0.1, -0.05) is 36.1 Å². The van der Waals surface area contributed by atoms with E-state index in [2.05, 4.69) is 33.4 Å². The molecule has 10 nitrogen and oxygen atoms in total. The van der Waals surface area contributed by atoms with Crippen molar-refractivity contribution < 1.29 is 19.1 Å². The van der Waals surface area contributed by atoms with Gasteiger partial charge in [-0.15, -0.1) is 0 Å². The van der Waals surface area contributed by atoms with Gasteiger partial charge in [0, 0.05) is 24.2 Å². The zero-order chi connectivity index (χ0) is 33.5. The van der Waals surface area contributed by atoms with Gasteiger partial charge in [0.15, 0.2) is 0 Å². The molecule has 2 aliphatic rings. The Balaban J connectivity index is 0.00000270. The summed E-state index contributed by atoms with van der Waals surface area (Å²) in [6, 6.07) is 13.5. The number of carbonyl (C=O) groups is 2. The van der Waals surface area contributed by atoms with Gasteiger partial charge >= 0.3 is 12.2 Å². The van der Waals surface area contributed by atoms with Gasteiger partial charge < -0.3 is 19.4 Å². The van der Waals surface area contributed by atoms with Crippen LogP contribution in [0.4, 0.5) is 9.59 Å². The van der Waals surface area contributed by atoms with Crippen LogP contribution in [-0.4, -0.2) is 66.2 Å². The van der Waals surface area contributed by atoms with Crippen LogP contribution in [0.3, 0.4) is 0 Å². The molecule has 2 fully saturated rings. The van der Waals surface area contributed by atoms with Crippen molar-refractivity contribution in [3.05, 3.63) is 83.6 Å². The van der Waals surface area contributed by atoms with E-state index in [9.17, 15) is 9.59 Å². The van der Waals surface area contributed by atoms with E-state index in [0.717, 1.165) is 57.7 Å². The molecule has 2 amide bonds. The lowest BCUT2D eigenvalue weighted by atomic mass is 10.1. The maximum atomic E-state index is 12.9. The highest BCUT2D eigenvalue weighted by molar-refractivity contribution is 7.59. The van der Waals surface area contributed by atoms with Crippen molar-refractivity contribution in [3.8, 4) is 23.1 Å². The molecule has 2 aliphatic heterocycles. The molecular weight excluding hydrogens is 657 g/mol. The molecule has 0 radical (unpaired) electrons. The maximum Gasteiger partial charge on any atom is 0.411 e. The topological polar surface area (TPSA) is 116 Å². The maximum absolute atomic E-state index is 12.9. The number of hydrogen-bond donors (Lipinski definition) is 2. The first-order chi connectivity index (χ1) is 22.2. The number of H-pyrrole nitrogens is 2. The fourth-order valence-corrected chi connectivity index (χ4v) is 5.94. The number of fused-ring (bicyclic) bond motifs is 1. The molecule has 2 saturated heterocycles. The molecule has 0 aliphatic carbocycles. The van der Waals surface area contributed by atoms with Gasteiger partial charge in [-0.3, -0.25) is 9.80 Å². The van der Waals surface area contributed by atoms with Crippen LogP contribution in [0.1, 0.15) is 95.7 Å². The third kappa shape index (κ3) is 8.83. The first-order valence-corrected chi connectivity index (χ1v) is 16.1. The number of hydrogen-bond acceptors (Lipinski definition) is 6. The van der Waals surface area contributed by atoms with Crippen LogP contribution in [0, 0.1) is 11.8 Å². The number of aromatic amines is 2. The summed E-state index contributed by atoms with van der Waals surface area (Å²) in [5.41, 5.74) is 5.09.